The van der Waals surface area contributed by atoms with Crippen LogP contribution in [-0.2, 0) is 19.1 Å². The van der Waals surface area contributed by atoms with Crippen LogP contribution in [-0.4, -0.2) is 49.2 Å². The molecule has 5 heteroatoms. The van der Waals surface area contributed by atoms with Crippen LogP contribution in [0.25, 0.3) is 0 Å². The second kappa shape index (κ2) is 7.07. The molecule has 2 fully saturated rings. The topological polar surface area (TPSA) is 55.8 Å². The Balaban J connectivity index is 2.02. The van der Waals surface area contributed by atoms with Crippen molar-refractivity contribution in [2.24, 2.45) is 5.92 Å². The summed E-state index contributed by atoms with van der Waals surface area (Å²) < 4.78 is 10.5. The van der Waals surface area contributed by atoms with E-state index in [4.69, 9.17) is 9.47 Å². The molecular formula is C16H25NO4. The highest BCUT2D eigenvalue weighted by Crippen LogP contribution is 2.40. The molecule has 2 heterocycles. The molecule has 0 aromatic heterocycles. The van der Waals surface area contributed by atoms with Crippen molar-refractivity contribution in [1.82, 2.24) is 4.90 Å². The van der Waals surface area contributed by atoms with E-state index in [0.29, 0.717) is 18.9 Å². The van der Waals surface area contributed by atoms with Crippen LogP contribution in [0.3, 0.4) is 0 Å². The number of ether oxygens (including phenoxy) is 2. The maximum absolute atomic E-state index is 12.1. The molecule has 2 bridgehead atoms. The molecule has 2 aliphatic rings. The third-order valence-electron chi connectivity index (χ3n) is 4.72. The quantitative estimate of drug-likeness (QED) is 0.573. The van der Waals surface area contributed by atoms with Gasteiger partial charge in [0.25, 0.3) is 0 Å². The monoisotopic (exact) mass is 295 g/mol. The minimum atomic E-state index is -0.357. The molecule has 118 valence electrons. The van der Waals surface area contributed by atoms with E-state index < -0.39 is 0 Å². The van der Waals surface area contributed by atoms with E-state index in [1.165, 1.54) is 7.11 Å². The van der Waals surface area contributed by atoms with Gasteiger partial charge in [0.05, 0.1) is 7.11 Å². The minimum absolute atomic E-state index is 0.129. The molecule has 0 saturated carbocycles. The Labute approximate surface area is 126 Å². The number of fused-ring (bicyclic) bond motifs is 2. The lowest BCUT2D eigenvalue weighted by atomic mass is 9.87. The van der Waals surface area contributed by atoms with Gasteiger partial charge < -0.3 is 9.47 Å². The molecule has 5 nitrogen and oxygen atoms in total. The van der Waals surface area contributed by atoms with Crippen molar-refractivity contribution >= 4 is 11.9 Å². The number of nitrogens with zero attached hydrogens (tertiary/aromatic N) is 1. The zero-order chi connectivity index (χ0) is 15.4. The van der Waals surface area contributed by atoms with Crippen molar-refractivity contribution in [1.29, 1.82) is 0 Å². The molecule has 0 amide bonds. The molecule has 0 unspecified atom stereocenters. The van der Waals surface area contributed by atoms with Gasteiger partial charge in [0.2, 0.25) is 0 Å². The second-order valence-electron chi connectivity index (χ2n) is 5.88. The van der Waals surface area contributed by atoms with Crippen molar-refractivity contribution < 1.29 is 19.1 Å². The lowest BCUT2D eigenvalue weighted by Crippen LogP contribution is -2.53. The average Bonchev–Trinajstić information content (AvgIpc) is 2.71. The van der Waals surface area contributed by atoms with Crippen molar-refractivity contribution in [3.63, 3.8) is 0 Å². The molecule has 2 saturated heterocycles. The van der Waals surface area contributed by atoms with Crippen molar-refractivity contribution in [2.75, 3.05) is 14.2 Å². The maximum atomic E-state index is 12.1. The number of carbonyl (C=O) groups is 2. The molecule has 0 N–H and O–H groups in total. The SMILES string of the molecule is C/C=C/CCC(=O)O[C@H]1C[C@@H]2CC[C@H]([C@H]1C(=O)OC)N2C. The summed E-state index contributed by atoms with van der Waals surface area (Å²) in [6, 6.07) is 0.536. The van der Waals surface area contributed by atoms with E-state index in [1.807, 2.05) is 26.1 Å². The summed E-state index contributed by atoms with van der Waals surface area (Å²) in [4.78, 5) is 26.3. The fraction of sp³-hybridized carbons (Fsp3) is 0.750. The minimum Gasteiger partial charge on any atom is -0.469 e. The zero-order valence-corrected chi connectivity index (χ0v) is 13.1. The van der Waals surface area contributed by atoms with Crippen LogP contribution >= 0.6 is 0 Å². The molecule has 0 aliphatic carbocycles. The summed E-state index contributed by atoms with van der Waals surface area (Å²) in [5.41, 5.74) is 0. The third kappa shape index (κ3) is 3.46. The number of rotatable bonds is 5. The molecular weight excluding hydrogens is 270 g/mol. The Morgan fingerprint density at radius 2 is 2.10 bits per heavy atom. The van der Waals surface area contributed by atoms with Gasteiger partial charge in [0, 0.05) is 24.9 Å². The highest BCUT2D eigenvalue weighted by Gasteiger charge is 2.50. The first-order valence-corrected chi connectivity index (χ1v) is 7.68. The van der Waals surface area contributed by atoms with Gasteiger partial charge in [-0.25, -0.2) is 0 Å². The summed E-state index contributed by atoms with van der Waals surface area (Å²) in [6.07, 6.45) is 7.30. The van der Waals surface area contributed by atoms with E-state index >= 15 is 0 Å². The highest BCUT2D eigenvalue weighted by atomic mass is 16.6. The molecule has 4 atom stereocenters. The number of hydrogen-bond donors (Lipinski definition) is 0. The predicted molar refractivity (Wildman–Crippen MR) is 78.6 cm³/mol. The highest BCUT2D eigenvalue weighted by molar-refractivity contribution is 5.76. The lowest BCUT2D eigenvalue weighted by Gasteiger charge is -2.40. The Bertz CT molecular complexity index is 421. The van der Waals surface area contributed by atoms with Gasteiger partial charge >= 0.3 is 11.9 Å². The Morgan fingerprint density at radius 3 is 2.76 bits per heavy atom. The Kier molecular flexibility index (Phi) is 5.39. The number of piperidine rings is 1. The fourth-order valence-electron chi connectivity index (χ4n) is 3.58. The van der Waals surface area contributed by atoms with Gasteiger partial charge in [-0.15, -0.1) is 0 Å². The number of esters is 2. The summed E-state index contributed by atoms with van der Waals surface area (Å²) in [5.74, 6) is -0.848. The average molecular weight is 295 g/mol. The van der Waals surface area contributed by atoms with Crippen molar-refractivity contribution in [3.05, 3.63) is 12.2 Å². The van der Waals surface area contributed by atoms with E-state index in [0.717, 1.165) is 19.3 Å². The normalized spacial score (nSPS) is 32.3. The standard InChI is InChI=1S/C16H25NO4/c1-4-5-6-7-14(18)21-13-10-11-8-9-12(17(11)2)15(13)16(19)20-3/h4-5,11-13,15H,6-10H2,1-3H3/b5-4+/t11-,12+,13-,15+/m0/s1. The largest absolute Gasteiger partial charge is 0.469 e. The summed E-state index contributed by atoms with van der Waals surface area (Å²) >= 11 is 0. The summed E-state index contributed by atoms with van der Waals surface area (Å²) in [7, 11) is 3.44. The first-order valence-electron chi connectivity index (χ1n) is 7.68. The number of carbonyl (C=O) groups excluding carboxylic acids is 2. The maximum Gasteiger partial charge on any atom is 0.314 e. The molecule has 0 radical (unpaired) electrons. The van der Waals surface area contributed by atoms with E-state index in [2.05, 4.69) is 4.90 Å². The first-order chi connectivity index (χ1) is 10.1. The lowest BCUT2D eigenvalue weighted by molar-refractivity contribution is -0.168. The Hall–Kier alpha value is -1.36. The number of allylic oxidation sites excluding steroid dienone is 2. The molecule has 21 heavy (non-hydrogen) atoms. The first kappa shape index (κ1) is 16.0. The third-order valence-corrected chi connectivity index (χ3v) is 4.72. The van der Waals surface area contributed by atoms with Crippen LogP contribution < -0.4 is 0 Å². The van der Waals surface area contributed by atoms with Crippen LogP contribution in [0.4, 0.5) is 0 Å². The van der Waals surface area contributed by atoms with E-state index in [-0.39, 0.29) is 30.0 Å². The molecule has 0 aromatic rings. The van der Waals surface area contributed by atoms with E-state index in [9.17, 15) is 9.59 Å². The van der Waals surface area contributed by atoms with Crippen LogP contribution in [0.1, 0.15) is 39.0 Å². The van der Waals surface area contributed by atoms with Gasteiger partial charge in [0.15, 0.2) is 0 Å². The van der Waals surface area contributed by atoms with E-state index in [1.54, 1.807) is 0 Å². The predicted octanol–water partition coefficient (Wildman–Crippen LogP) is 1.91. The fourth-order valence-corrected chi connectivity index (χ4v) is 3.58. The molecule has 2 aliphatic heterocycles. The second-order valence-corrected chi connectivity index (χ2v) is 5.88. The number of methoxy groups -OCH3 is 1. The summed E-state index contributed by atoms with van der Waals surface area (Å²) in [5, 5.41) is 0. The van der Waals surface area contributed by atoms with Gasteiger partial charge in [-0.05, 0) is 33.2 Å². The van der Waals surface area contributed by atoms with Crippen molar-refractivity contribution in [3.8, 4) is 0 Å². The van der Waals surface area contributed by atoms with Gasteiger partial charge in [-0.2, -0.15) is 0 Å². The van der Waals surface area contributed by atoms with Gasteiger partial charge in [0.1, 0.15) is 12.0 Å². The summed E-state index contributed by atoms with van der Waals surface area (Å²) in [6.45, 7) is 1.92. The molecule has 0 spiro atoms. The van der Waals surface area contributed by atoms with Crippen molar-refractivity contribution in [2.45, 2.75) is 57.2 Å². The Morgan fingerprint density at radius 1 is 1.33 bits per heavy atom. The number of hydrogen-bond acceptors (Lipinski definition) is 5. The van der Waals surface area contributed by atoms with Crippen LogP contribution in [0.2, 0.25) is 0 Å². The zero-order valence-electron chi connectivity index (χ0n) is 13.1. The van der Waals surface area contributed by atoms with Gasteiger partial charge in [-0.1, -0.05) is 12.2 Å². The smallest absolute Gasteiger partial charge is 0.314 e. The van der Waals surface area contributed by atoms with Crippen LogP contribution in [0, 0.1) is 5.92 Å². The van der Waals surface area contributed by atoms with Gasteiger partial charge in [-0.3, -0.25) is 14.5 Å². The van der Waals surface area contributed by atoms with Crippen LogP contribution in [0.5, 0.6) is 0 Å². The van der Waals surface area contributed by atoms with Crippen LogP contribution in [0.15, 0.2) is 12.2 Å². The molecule has 2 rings (SSSR count). The molecule has 0 aromatic carbocycles.